The van der Waals surface area contributed by atoms with Crippen LogP contribution in [0.1, 0.15) is 22.3 Å². The first-order valence-corrected chi connectivity index (χ1v) is 11.1. The number of carbonyl (C=O) groups excluding carboxylic acids is 1. The van der Waals surface area contributed by atoms with Crippen LogP contribution in [-0.4, -0.2) is 45.5 Å². The maximum atomic E-state index is 12.8. The van der Waals surface area contributed by atoms with Crippen LogP contribution in [0.25, 0.3) is 16.6 Å². The van der Waals surface area contributed by atoms with Crippen LogP contribution in [-0.2, 0) is 17.7 Å². The van der Waals surface area contributed by atoms with Crippen LogP contribution in [0.15, 0.2) is 65.7 Å². The third-order valence-corrected chi connectivity index (χ3v) is 5.65. The molecule has 0 aliphatic heterocycles. The fourth-order valence-electron chi connectivity index (χ4n) is 3.60. The van der Waals surface area contributed by atoms with E-state index in [1.165, 1.54) is 4.57 Å². The number of H-pyrrole nitrogens is 1. The van der Waals surface area contributed by atoms with Crippen molar-refractivity contribution in [1.82, 2.24) is 24.6 Å². The van der Waals surface area contributed by atoms with Gasteiger partial charge < -0.3 is 15.0 Å². The molecule has 170 valence electrons. The number of rotatable bonds is 9. The Morgan fingerprint density at radius 3 is 2.82 bits per heavy atom. The SMILES string of the molecule is COCCCn1c(=S)[nH]c2cc(C(=O)NCCc3cnn(-c4ccccc4)c3)ccc2c1=O. The molecule has 1 amide bonds. The second kappa shape index (κ2) is 10.4. The molecule has 0 atom stereocenters. The van der Waals surface area contributed by atoms with Gasteiger partial charge in [-0.3, -0.25) is 14.2 Å². The summed E-state index contributed by atoms with van der Waals surface area (Å²) in [6.07, 6.45) is 5.09. The Labute approximate surface area is 195 Å². The summed E-state index contributed by atoms with van der Waals surface area (Å²) in [5, 5.41) is 7.79. The van der Waals surface area contributed by atoms with Crippen LogP contribution < -0.4 is 10.9 Å². The number of amides is 1. The zero-order valence-electron chi connectivity index (χ0n) is 18.3. The smallest absolute Gasteiger partial charge is 0.262 e. The summed E-state index contributed by atoms with van der Waals surface area (Å²) in [6.45, 7) is 1.49. The summed E-state index contributed by atoms with van der Waals surface area (Å²) in [4.78, 5) is 28.5. The maximum Gasteiger partial charge on any atom is 0.262 e. The number of nitrogens with zero attached hydrogens (tertiary/aromatic N) is 3. The molecule has 4 rings (SSSR count). The first kappa shape index (κ1) is 22.6. The van der Waals surface area contributed by atoms with Gasteiger partial charge in [0, 0.05) is 38.6 Å². The van der Waals surface area contributed by atoms with Crippen LogP contribution in [0.3, 0.4) is 0 Å². The summed E-state index contributed by atoms with van der Waals surface area (Å²) in [6, 6.07) is 14.8. The molecule has 0 aliphatic rings. The standard InChI is InChI=1S/C24H25N5O3S/c1-32-13-5-12-28-23(31)20-9-8-18(14-21(20)27-24(28)33)22(30)25-11-10-17-15-26-29(16-17)19-6-3-2-4-7-19/h2-4,6-9,14-16H,5,10-13H2,1H3,(H,25,30)(H,27,33). The summed E-state index contributed by atoms with van der Waals surface area (Å²) in [5.41, 5.74) is 2.84. The van der Waals surface area contributed by atoms with Gasteiger partial charge in [0.15, 0.2) is 4.77 Å². The molecular weight excluding hydrogens is 438 g/mol. The van der Waals surface area contributed by atoms with Gasteiger partial charge in [-0.25, -0.2) is 4.68 Å². The summed E-state index contributed by atoms with van der Waals surface area (Å²) in [7, 11) is 1.62. The molecule has 0 spiro atoms. The van der Waals surface area contributed by atoms with Gasteiger partial charge >= 0.3 is 0 Å². The van der Waals surface area contributed by atoms with Gasteiger partial charge in [0.25, 0.3) is 11.5 Å². The maximum absolute atomic E-state index is 12.8. The Bertz CT molecular complexity index is 1370. The van der Waals surface area contributed by atoms with Crippen molar-refractivity contribution in [1.29, 1.82) is 0 Å². The molecule has 0 fully saturated rings. The third kappa shape index (κ3) is 5.27. The van der Waals surface area contributed by atoms with E-state index in [9.17, 15) is 9.59 Å². The third-order valence-electron chi connectivity index (χ3n) is 5.33. The van der Waals surface area contributed by atoms with Gasteiger partial charge in [0.05, 0.1) is 22.8 Å². The first-order valence-electron chi connectivity index (χ1n) is 10.7. The highest BCUT2D eigenvalue weighted by atomic mass is 32.1. The lowest BCUT2D eigenvalue weighted by molar-refractivity contribution is 0.0954. The molecule has 0 saturated carbocycles. The Balaban J connectivity index is 1.41. The zero-order chi connectivity index (χ0) is 23.2. The lowest BCUT2D eigenvalue weighted by Gasteiger charge is -2.09. The number of fused-ring (bicyclic) bond motifs is 1. The fourth-order valence-corrected chi connectivity index (χ4v) is 3.88. The average molecular weight is 464 g/mol. The van der Waals surface area contributed by atoms with Crippen molar-refractivity contribution in [3.05, 3.63) is 87.2 Å². The van der Waals surface area contributed by atoms with Gasteiger partial charge in [-0.1, -0.05) is 18.2 Å². The van der Waals surface area contributed by atoms with Crippen molar-refractivity contribution >= 4 is 29.0 Å². The Kier molecular flexibility index (Phi) is 7.11. The van der Waals surface area contributed by atoms with E-state index in [-0.39, 0.29) is 11.5 Å². The number of hydrogen-bond acceptors (Lipinski definition) is 5. The van der Waals surface area contributed by atoms with Crippen LogP contribution in [0.5, 0.6) is 0 Å². The lowest BCUT2D eigenvalue weighted by Crippen LogP contribution is -2.26. The van der Waals surface area contributed by atoms with E-state index in [1.807, 2.05) is 41.2 Å². The Morgan fingerprint density at radius 2 is 2.03 bits per heavy atom. The van der Waals surface area contributed by atoms with Gasteiger partial charge in [0.2, 0.25) is 0 Å². The van der Waals surface area contributed by atoms with E-state index in [1.54, 1.807) is 31.5 Å². The fraction of sp³-hybridized carbons (Fsp3) is 0.250. The molecule has 0 aliphatic carbocycles. The molecule has 9 heteroatoms. The van der Waals surface area contributed by atoms with Crippen molar-refractivity contribution in [2.24, 2.45) is 0 Å². The van der Waals surface area contributed by atoms with Crippen LogP contribution in [0, 0.1) is 4.77 Å². The highest BCUT2D eigenvalue weighted by Crippen LogP contribution is 2.12. The van der Waals surface area contributed by atoms with Crippen molar-refractivity contribution < 1.29 is 9.53 Å². The molecule has 0 saturated heterocycles. The topological polar surface area (TPSA) is 93.9 Å². The van der Waals surface area contributed by atoms with Gasteiger partial charge in [-0.05, 0) is 61.0 Å². The average Bonchev–Trinajstić information content (AvgIpc) is 3.30. The molecule has 4 aromatic rings. The number of methoxy groups -OCH3 is 1. The Morgan fingerprint density at radius 1 is 1.21 bits per heavy atom. The quantitative estimate of drug-likeness (QED) is 0.294. The monoisotopic (exact) mass is 463 g/mol. The zero-order valence-corrected chi connectivity index (χ0v) is 19.1. The second-order valence-corrected chi connectivity index (χ2v) is 8.01. The number of nitrogens with one attached hydrogen (secondary N) is 2. The molecular formula is C24H25N5O3S. The predicted octanol–water partition coefficient (Wildman–Crippen LogP) is 3.25. The van der Waals surface area contributed by atoms with Crippen molar-refractivity contribution in [3.63, 3.8) is 0 Å². The number of aromatic amines is 1. The number of carbonyl (C=O) groups is 1. The van der Waals surface area contributed by atoms with Gasteiger partial charge in [-0.2, -0.15) is 5.10 Å². The number of aromatic nitrogens is 4. The minimum atomic E-state index is -0.212. The molecule has 0 radical (unpaired) electrons. The molecule has 2 heterocycles. The lowest BCUT2D eigenvalue weighted by atomic mass is 10.1. The number of ether oxygens (including phenoxy) is 1. The summed E-state index contributed by atoms with van der Waals surface area (Å²) >= 11 is 5.35. The number of para-hydroxylation sites is 1. The summed E-state index contributed by atoms with van der Waals surface area (Å²) < 4.78 is 8.71. The van der Waals surface area contributed by atoms with E-state index < -0.39 is 0 Å². The van der Waals surface area contributed by atoms with Crippen LogP contribution in [0.2, 0.25) is 0 Å². The molecule has 33 heavy (non-hydrogen) atoms. The molecule has 2 aromatic heterocycles. The van der Waals surface area contributed by atoms with Crippen molar-refractivity contribution in [3.8, 4) is 5.69 Å². The minimum absolute atomic E-state index is 0.174. The molecule has 0 bridgehead atoms. The molecule has 0 unspecified atom stereocenters. The molecule has 2 aromatic carbocycles. The summed E-state index contributed by atoms with van der Waals surface area (Å²) in [5.74, 6) is -0.212. The Hall–Kier alpha value is -3.56. The van der Waals surface area contributed by atoms with Gasteiger partial charge in [0.1, 0.15) is 0 Å². The highest BCUT2D eigenvalue weighted by Gasteiger charge is 2.11. The van der Waals surface area contributed by atoms with E-state index in [0.717, 1.165) is 11.3 Å². The molecule has 2 N–H and O–H groups in total. The largest absolute Gasteiger partial charge is 0.385 e. The highest BCUT2D eigenvalue weighted by molar-refractivity contribution is 7.71. The normalized spacial score (nSPS) is 11.1. The minimum Gasteiger partial charge on any atom is -0.385 e. The van der Waals surface area contributed by atoms with E-state index in [4.69, 9.17) is 17.0 Å². The van der Waals surface area contributed by atoms with Crippen molar-refractivity contribution in [2.75, 3.05) is 20.3 Å². The number of hydrogen-bond donors (Lipinski definition) is 2. The molecule has 8 nitrogen and oxygen atoms in total. The van der Waals surface area contributed by atoms with E-state index in [0.29, 0.717) is 53.8 Å². The van der Waals surface area contributed by atoms with E-state index >= 15 is 0 Å². The first-order chi connectivity index (χ1) is 16.1. The van der Waals surface area contributed by atoms with Gasteiger partial charge in [-0.15, -0.1) is 0 Å². The number of benzene rings is 2. The van der Waals surface area contributed by atoms with E-state index in [2.05, 4.69) is 15.4 Å². The second-order valence-electron chi connectivity index (χ2n) is 7.63. The van der Waals surface area contributed by atoms with Crippen LogP contribution in [0.4, 0.5) is 0 Å². The predicted molar refractivity (Wildman–Crippen MR) is 129 cm³/mol. The van der Waals surface area contributed by atoms with Crippen molar-refractivity contribution in [2.45, 2.75) is 19.4 Å². The van der Waals surface area contributed by atoms with Crippen LogP contribution >= 0.6 is 12.2 Å².